The Labute approximate surface area is 115 Å². The monoisotopic (exact) mass is 270 g/mol. The lowest BCUT2D eigenvalue weighted by atomic mass is 9.89. The Morgan fingerprint density at radius 1 is 1.47 bits per heavy atom. The van der Waals surface area contributed by atoms with Crippen LogP contribution in [0.25, 0.3) is 0 Å². The van der Waals surface area contributed by atoms with E-state index < -0.39 is 0 Å². The number of ether oxygens (including phenoxy) is 1. The van der Waals surface area contributed by atoms with Crippen LogP contribution in [-0.2, 0) is 4.74 Å². The Hall–Kier alpha value is -0.810. The standard InChI is InChI=1S/C14H26N2O3/c1-2-16(8-9-17)13(18)15-12-5-10-19-14(11-12)6-3-4-7-14/h12,17H,2-11H2,1H3,(H,15,18). The van der Waals surface area contributed by atoms with Crippen molar-refractivity contribution in [2.75, 3.05) is 26.3 Å². The Morgan fingerprint density at radius 3 is 2.84 bits per heavy atom. The number of hydrogen-bond donors (Lipinski definition) is 2. The van der Waals surface area contributed by atoms with Crippen molar-refractivity contribution in [3.63, 3.8) is 0 Å². The first-order chi connectivity index (χ1) is 9.19. The van der Waals surface area contributed by atoms with Gasteiger partial charge in [-0.05, 0) is 32.6 Å². The highest BCUT2D eigenvalue weighted by Gasteiger charge is 2.40. The molecule has 2 amide bonds. The predicted octanol–water partition coefficient (Wildman–Crippen LogP) is 1.50. The zero-order chi connectivity index (χ0) is 13.7. The van der Waals surface area contributed by atoms with Crippen molar-refractivity contribution in [1.29, 1.82) is 0 Å². The molecule has 0 aromatic heterocycles. The summed E-state index contributed by atoms with van der Waals surface area (Å²) in [7, 11) is 0. The van der Waals surface area contributed by atoms with Gasteiger partial charge in [-0.3, -0.25) is 0 Å². The van der Waals surface area contributed by atoms with Gasteiger partial charge >= 0.3 is 6.03 Å². The summed E-state index contributed by atoms with van der Waals surface area (Å²) in [5.41, 5.74) is 0.0320. The van der Waals surface area contributed by atoms with E-state index in [-0.39, 0.29) is 24.3 Å². The van der Waals surface area contributed by atoms with Crippen LogP contribution in [0.15, 0.2) is 0 Å². The molecule has 0 aromatic carbocycles. The second-order valence-corrected chi connectivity index (χ2v) is 5.68. The molecule has 1 aliphatic heterocycles. The molecular formula is C14H26N2O3. The lowest BCUT2D eigenvalue weighted by Gasteiger charge is -2.39. The molecule has 1 saturated heterocycles. The Balaban J connectivity index is 1.86. The minimum absolute atomic E-state index is 0.0129. The molecule has 19 heavy (non-hydrogen) atoms. The van der Waals surface area contributed by atoms with Crippen molar-refractivity contribution >= 4 is 6.03 Å². The van der Waals surface area contributed by atoms with Gasteiger partial charge in [-0.15, -0.1) is 0 Å². The van der Waals surface area contributed by atoms with Crippen LogP contribution in [0.4, 0.5) is 4.79 Å². The van der Waals surface area contributed by atoms with E-state index in [1.807, 2.05) is 6.92 Å². The first-order valence-corrected chi connectivity index (χ1v) is 7.49. The van der Waals surface area contributed by atoms with E-state index in [9.17, 15) is 4.79 Å². The molecule has 1 saturated carbocycles. The maximum absolute atomic E-state index is 12.1. The van der Waals surface area contributed by atoms with Gasteiger partial charge in [-0.25, -0.2) is 4.79 Å². The van der Waals surface area contributed by atoms with Gasteiger partial charge in [0.2, 0.25) is 0 Å². The van der Waals surface area contributed by atoms with Crippen molar-refractivity contribution in [2.45, 2.75) is 57.1 Å². The average molecular weight is 270 g/mol. The Bertz CT molecular complexity index is 303. The lowest BCUT2D eigenvalue weighted by Crippen LogP contribution is -2.51. The van der Waals surface area contributed by atoms with E-state index in [4.69, 9.17) is 9.84 Å². The van der Waals surface area contributed by atoms with Crippen LogP contribution in [0, 0.1) is 0 Å². The quantitative estimate of drug-likeness (QED) is 0.814. The fraction of sp³-hybridized carbons (Fsp3) is 0.929. The maximum Gasteiger partial charge on any atom is 0.317 e. The van der Waals surface area contributed by atoms with Crippen molar-refractivity contribution in [2.24, 2.45) is 0 Å². The highest BCUT2D eigenvalue weighted by molar-refractivity contribution is 5.74. The number of urea groups is 1. The van der Waals surface area contributed by atoms with Gasteiger partial charge < -0.3 is 20.1 Å². The van der Waals surface area contributed by atoms with Crippen molar-refractivity contribution in [1.82, 2.24) is 10.2 Å². The van der Waals surface area contributed by atoms with Crippen LogP contribution in [-0.4, -0.2) is 54.0 Å². The number of aliphatic hydroxyl groups excluding tert-OH is 1. The maximum atomic E-state index is 12.1. The SMILES string of the molecule is CCN(CCO)C(=O)NC1CCOC2(CCCC2)C1. The molecule has 1 spiro atoms. The summed E-state index contributed by atoms with van der Waals surface area (Å²) in [6.45, 7) is 3.71. The lowest BCUT2D eigenvalue weighted by molar-refractivity contribution is -0.0823. The van der Waals surface area contributed by atoms with E-state index in [2.05, 4.69) is 5.32 Å². The van der Waals surface area contributed by atoms with E-state index >= 15 is 0 Å². The summed E-state index contributed by atoms with van der Waals surface area (Å²) in [6.07, 6.45) is 6.58. The van der Waals surface area contributed by atoms with Crippen LogP contribution in [0.1, 0.15) is 45.4 Å². The second kappa shape index (κ2) is 6.57. The summed E-state index contributed by atoms with van der Waals surface area (Å²) in [6, 6.07) is 0.156. The third kappa shape index (κ3) is 3.60. The molecule has 5 nitrogen and oxygen atoms in total. The summed E-state index contributed by atoms with van der Waals surface area (Å²) < 4.78 is 5.97. The van der Waals surface area contributed by atoms with Crippen molar-refractivity contribution in [3.05, 3.63) is 0 Å². The van der Waals surface area contributed by atoms with E-state index in [0.717, 1.165) is 32.3 Å². The van der Waals surface area contributed by atoms with Gasteiger partial charge in [-0.1, -0.05) is 12.8 Å². The van der Waals surface area contributed by atoms with Crippen molar-refractivity contribution in [3.8, 4) is 0 Å². The number of carbonyl (C=O) groups excluding carboxylic acids is 1. The number of hydrogen-bond acceptors (Lipinski definition) is 3. The minimum Gasteiger partial charge on any atom is -0.395 e. The summed E-state index contributed by atoms with van der Waals surface area (Å²) >= 11 is 0. The van der Waals surface area contributed by atoms with Gasteiger partial charge in [0.25, 0.3) is 0 Å². The molecule has 0 radical (unpaired) electrons. The minimum atomic E-state index is -0.0587. The molecular weight excluding hydrogens is 244 g/mol. The molecule has 1 heterocycles. The number of nitrogens with zero attached hydrogens (tertiary/aromatic N) is 1. The first kappa shape index (κ1) is 14.6. The van der Waals surface area contributed by atoms with Crippen LogP contribution in [0.3, 0.4) is 0 Å². The van der Waals surface area contributed by atoms with Crippen LogP contribution < -0.4 is 5.32 Å². The highest BCUT2D eigenvalue weighted by Crippen LogP contribution is 2.39. The molecule has 0 aromatic rings. The van der Waals surface area contributed by atoms with Crippen LogP contribution in [0.5, 0.6) is 0 Å². The fourth-order valence-corrected chi connectivity index (χ4v) is 3.31. The smallest absolute Gasteiger partial charge is 0.317 e. The van der Waals surface area contributed by atoms with Gasteiger partial charge in [0.1, 0.15) is 0 Å². The van der Waals surface area contributed by atoms with Crippen molar-refractivity contribution < 1.29 is 14.6 Å². The molecule has 1 aliphatic carbocycles. The predicted molar refractivity (Wildman–Crippen MR) is 73.0 cm³/mol. The summed E-state index contributed by atoms with van der Waals surface area (Å²) in [5.74, 6) is 0. The van der Waals surface area contributed by atoms with Gasteiger partial charge in [0, 0.05) is 25.7 Å². The van der Waals surface area contributed by atoms with Crippen LogP contribution in [0.2, 0.25) is 0 Å². The zero-order valence-corrected chi connectivity index (χ0v) is 11.9. The zero-order valence-electron chi connectivity index (χ0n) is 11.9. The average Bonchev–Trinajstić information content (AvgIpc) is 2.83. The number of carbonyl (C=O) groups is 1. The highest BCUT2D eigenvalue weighted by atomic mass is 16.5. The molecule has 2 aliphatic rings. The second-order valence-electron chi connectivity index (χ2n) is 5.68. The third-order valence-electron chi connectivity index (χ3n) is 4.37. The number of rotatable bonds is 4. The molecule has 1 atom stereocenters. The Kier molecular flexibility index (Phi) is 5.05. The fourth-order valence-electron chi connectivity index (χ4n) is 3.31. The Morgan fingerprint density at radius 2 is 2.21 bits per heavy atom. The molecule has 0 bridgehead atoms. The number of amides is 2. The summed E-state index contributed by atoms with van der Waals surface area (Å²) in [5, 5.41) is 12.1. The number of nitrogens with one attached hydrogen (secondary N) is 1. The molecule has 5 heteroatoms. The molecule has 2 rings (SSSR count). The van der Waals surface area contributed by atoms with E-state index in [1.165, 1.54) is 12.8 Å². The van der Waals surface area contributed by atoms with Gasteiger partial charge in [-0.2, -0.15) is 0 Å². The topological polar surface area (TPSA) is 61.8 Å². The molecule has 110 valence electrons. The number of likely N-dealkylation sites (N-methyl/N-ethyl adjacent to an activating group) is 1. The normalized spacial score (nSPS) is 25.5. The molecule has 2 fully saturated rings. The largest absolute Gasteiger partial charge is 0.395 e. The first-order valence-electron chi connectivity index (χ1n) is 7.49. The van der Waals surface area contributed by atoms with E-state index in [0.29, 0.717) is 13.1 Å². The summed E-state index contributed by atoms with van der Waals surface area (Å²) in [4.78, 5) is 13.7. The third-order valence-corrected chi connectivity index (χ3v) is 4.37. The van der Waals surface area contributed by atoms with Crippen LogP contribution >= 0.6 is 0 Å². The molecule has 2 N–H and O–H groups in total. The molecule has 1 unspecified atom stereocenters. The van der Waals surface area contributed by atoms with Gasteiger partial charge in [0.15, 0.2) is 0 Å². The van der Waals surface area contributed by atoms with Gasteiger partial charge in [0.05, 0.1) is 12.2 Å². The number of aliphatic hydroxyl groups is 1. The van der Waals surface area contributed by atoms with E-state index in [1.54, 1.807) is 4.90 Å².